The molecule has 6 nitrogen and oxygen atoms in total. The standard InChI is InChI=1S/C25H21N3O3/c1-15-3-2-4-17-16(15)5-6-19-21(17)23(29)24(30)22-18-7-9-27(13-20(18)31-25(19)22)11-12-28-10-8-26-14-28/h2-6,8,10,14H,7,9,11-13H2,1H3. The van der Waals surface area contributed by atoms with E-state index in [1.54, 1.807) is 6.20 Å². The van der Waals surface area contributed by atoms with E-state index in [9.17, 15) is 9.59 Å². The number of aryl methyl sites for hydroxylation is 1. The molecule has 31 heavy (non-hydrogen) atoms. The fourth-order valence-corrected chi connectivity index (χ4v) is 4.93. The minimum atomic E-state index is -0.437. The summed E-state index contributed by atoms with van der Waals surface area (Å²) in [4.78, 5) is 32.7. The van der Waals surface area contributed by atoms with Crippen LogP contribution in [0.2, 0.25) is 0 Å². The van der Waals surface area contributed by atoms with Crippen molar-refractivity contribution in [2.24, 2.45) is 0 Å². The minimum Gasteiger partial charge on any atom is -0.459 e. The summed E-state index contributed by atoms with van der Waals surface area (Å²) in [5, 5.41) is 1.81. The first-order chi connectivity index (χ1) is 15.1. The Balaban J connectivity index is 1.41. The van der Waals surface area contributed by atoms with Crippen molar-refractivity contribution in [3.8, 4) is 11.3 Å². The zero-order valence-corrected chi connectivity index (χ0v) is 17.2. The molecule has 4 aromatic rings. The molecule has 0 bridgehead atoms. The summed E-state index contributed by atoms with van der Waals surface area (Å²) in [6, 6.07) is 9.81. The Morgan fingerprint density at radius 1 is 1.03 bits per heavy atom. The number of rotatable bonds is 3. The summed E-state index contributed by atoms with van der Waals surface area (Å²) in [5.74, 6) is 0.503. The third kappa shape index (κ3) is 2.72. The van der Waals surface area contributed by atoms with Crippen molar-refractivity contribution in [1.82, 2.24) is 14.5 Å². The van der Waals surface area contributed by atoms with Crippen LogP contribution in [0.4, 0.5) is 0 Å². The number of imidazole rings is 1. The molecule has 0 radical (unpaired) electrons. The molecular formula is C25H21N3O3. The van der Waals surface area contributed by atoms with E-state index in [4.69, 9.17) is 4.42 Å². The monoisotopic (exact) mass is 411 g/mol. The normalized spacial score (nSPS) is 15.8. The lowest BCUT2D eigenvalue weighted by molar-refractivity contribution is 0.0815. The first-order valence-electron chi connectivity index (χ1n) is 10.6. The summed E-state index contributed by atoms with van der Waals surface area (Å²) in [6.07, 6.45) is 6.25. The molecule has 0 spiro atoms. The highest BCUT2D eigenvalue weighted by molar-refractivity contribution is 6.54. The molecule has 2 aromatic carbocycles. The van der Waals surface area contributed by atoms with E-state index in [-0.39, 0.29) is 0 Å². The Hall–Kier alpha value is -3.51. The maximum absolute atomic E-state index is 13.2. The third-order valence-corrected chi connectivity index (χ3v) is 6.55. The number of fused-ring (bicyclic) bond motifs is 7. The van der Waals surface area contributed by atoms with Gasteiger partial charge in [-0.25, -0.2) is 4.98 Å². The zero-order chi connectivity index (χ0) is 21.1. The van der Waals surface area contributed by atoms with Crippen molar-refractivity contribution in [3.63, 3.8) is 0 Å². The number of ketones is 2. The first kappa shape index (κ1) is 18.3. The largest absolute Gasteiger partial charge is 0.459 e. The average molecular weight is 411 g/mol. The molecule has 2 aliphatic rings. The van der Waals surface area contributed by atoms with Crippen LogP contribution in [0.1, 0.15) is 37.6 Å². The average Bonchev–Trinajstić information content (AvgIpc) is 3.43. The minimum absolute atomic E-state index is 0.426. The first-order valence-corrected chi connectivity index (χ1v) is 10.6. The van der Waals surface area contributed by atoms with Gasteiger partial charge in [-0.3, -0.25) is 14.5 Å². The van der Waals surface area contributed by atoms with Crippen molar-refractivity contribution in [2.75, 3.05) is 13.1 Å². The van der Waals surface area contributed by atoms with E-state index < -0.39 is 11.6 Å². The van der Waals surface area contributed by atoms with Gasteiger partial charge in [-0.1, -0.05) is 24.3 Å². The molecule has 1 aliphatic heterocycles. The molecule has 1 aliphatic carbocycles. The van der Waals surface area contributed by atoms with Crippen molar-refractivity contribution in [3.05, 3.63) is 77.1 Å². The van der Waals surface area contributed by atoms with Crippen LogP contribution in [0, 0.1) is 6.92 Å². The highest BCUT2D eigenvalue weighted by Gasteiger charge is 2.39. The number of benzene rings is 2. The lowest BCUT2D eigenvalue weighted by Gasteiger charge is -2.26. The molecule has 0 atom stereocenters. The maximum atomic E-state index is 13.2. The molecule has 6 heteroatoms. The smallest absolute Gasteiger partial charge is 0.237 e. The van der Waals surface area contributed by atoms with Crippen molar-refractivity contribution < 1.29 is 14.0 Å². The molecule has 0 fully saturated rings. The molecule has 0 saturated heterocycles. The molecule has 6 rings (SSSR count). The predicted octanol–water partition coefficient (Wildman–Crippen LogP) is 4.04. The van der Waals surface area contributed by atoms with Gasteiger partial charge >= 0.3 is 0 Å². The third-order valence-electron chi connectivity index (χ3n) is 6.55. The molecule has 0 saturated carbocycles. The van der Waals surface area contributed by atoms with E-state index in [1.807, 2.05) is 54.3 Å². The highest BCUT2D eigenvalue weighted by atomic mass is 16.3. The van der Waals surface area contributed by atoms with Crippen LogP contribution < -0.4 is 0 Å². The van der Waals surface area contributed by atoms with E-state index in [0.29, 0.717) is 29.9 Å². The SMILES string of the molecule is Cc1cccc2c3c(ccc12)-c1oc2c(c1C(=O)C3=O)CCN(CCn1ccnc1)C2. The van der Waals surface area contributed by atoms with Gasteiger partial charge in [-0.05, 0) is 35.7 Å². The van der Waals surface area contributed by atoms with Crippen molar-refractivity contribution in [2.45, 2.75) is 26.4 Å². The predicted molar refractivity (Wildman–Crippen MR) is 116 cm³/mol. The summed E-state index contributed by atoms with van der Waals surface area (Å²) < 4.78 is 8.34. The second kappa shape index (κ2) is 6.75. The number of carbonyl (C=O) groups excluding carboxylic acids is 2. The van der Waals surface area contributed by atoms with Crippen LogP contribution in [0.5, 0.6) is 0 Å². The number of Topliss-reactive ketones (excluding diaryl/α,β-unsaturated/α-hetero) is 2. The van der Waals surface area contributed by atoms with Gasteiger partial charge in [-0.15, -0.1) is 0 Å². The van der Waals surface area contributed by atoms with Crippen LogP contribution in [0.15, 0.2) is 53.5 Å². The molecule has 0 amide bonds. The fraction of sp³-hybridized carbons (Fsp3) is 0.240. The topological polar surface area (TPSA) is 68.3 Å². The van der Waals surface area contributed by atoms with Gasteiger partial charge in [-0.2, -0.15) is 0 Å². The lowest BCUT2D eigenvalue weighted by atomic mass is 9.82. The van der Waals surface area contributed by atoms with Crippen LogP contribution in [0.25, 0.3) is 22.1 Å². The lowest BCUT2D eigenvalue weighted by Crippen LogP contribution is -2.33. The van der Waals surface area contributed by atoms with E-state index >= 15 is 0 Å². The Bertz CT molecular complexity index is 1360. The molecule has 0 N–H and O–H groups in total. The van der Waals surface area contributed by atoms with E-state index in [0.717, 1.165) is 52.9 Å². The maximum Gasteiger partial charge on any atom is 0.237 e. The van der Waals surface area contributed by atoms with E-state index in [1.165, 1.54) is 0 Å². The van der Waals surface area contributed by atoms with Gasteiger partial charge in [0, 0.05) is 48.7 Å². The Morgan fingerprint density at radius 2 is 1.90 bits per heavy atom. The van der Waals surface area contributed by atoms with Gasteiger partial charge in [0.05, 0.1) is 18.4 Å². The Kier molecular flexibility index (Phi) is 3.98. The number of carbonyl (C=O) groups is 2. The van der Waals surface area contributed by atoms with Gasteiger partial charge < -0.3 is 8.98 Å². The highest BCUT2D eigenvalue weighted by Crippen LogP contribution is 2.43. The molecule has 3 heterocycles. The van der Waals surface area contributed by atoms with E-state index in [2.05, 4.69) is 9.88 Å². The molecule has 154 valence electrons. The second-order valence-electron chi connectivity index (χ2n) is 8.35. The summed E-state index contributed by atoms with van der Waals surface area (Å²) in [6.45, 7) is 5.20. The van der Waals surface area contributed by atoms with Gasteiger partial charge in [0.1, 0.15) is 11.5 Å². The van der Waals surface area contributed by atoms with Crippen LogP contribution in [0.3, 0.4) is 0 Å². The fourth-order valence-electron chi connectivity index (χ4n) is 4.93. The number of furan rings is 1. The summed E-state index contributed by atoms with van der Waals surface area (Å²) in [7, 11) is 0. The van der Waals surface area contributed by atoms with Gasteiger partial charge in [0.2, 0.25) is 11.6 Å². The van der Waals surface area contributed by atoms with Crippen LogP contribution >= 0.6 is 0 Å². The van der Waals surface area contributed by atoms with Crippen molar-refractivity contribution in [1.29, 1.82) is 0 Å². The van der Waals surface area contributed by atoms with Crippen LogP contribution in [-0.2, 0) is 19.5 Å². The second-order valence-corrected chi connectivity index (χ2v) is 8.35. The number of hydrogen-bond acceptors (Lipinski definition) is 5. The molecular weight excluding hydrogens is 390 g/mol. The van der Waals surface area contributed by atoms with Crippen molar-refractivity contribution >= 4 is 22.3 Å². The van der Waals surface area contributed by atoms with Gasteiger partial charge in [0.25, 0.3) is 0 Å². The van der Waals surface area contributed by atoms with Crippen LogP contribution in [-0.4, -0.2) is 39.1 Å². The zero-order valence-electron chi connectivity index (χ0n) is 17.2. The Labute approximate surface area is 179 Å². The molecule has 0 unspecified atom stereocenters. The quantitative estimate of drug-likeness (QED) is 0.476. The Morgan fingerprint density at radius 3 is 2.74 bits per heavy atom. The summed E-state index contributed by atoms with van der Waals surface area (Å²) >= 11 is 0. The number of hydrogen-bond donors (Lipinski definition) is 0. The van der Waals surface area contributed by atoms with Gasteiger partial charge in [0.15, 0.2) is 0 Å². The molecule has 2 aromatic heterocycles. The number of nitrogens with zero attached hydrogens (tertiary/aromatic N) is 3. The summed E-state index contributed by atoms with van der Waals surface area (Å²) in [5.41, 5.74) is 3.67. The number of aromatic nitrogens is 2.